The number of nitrogens with two attached hydrogens (primary N) is 1. The first-order valence-electron chi connectivity index (χ1n) is 6.17. The van der Waals surface area contributed by atoms with E-state index in [1.54, 1.807) is 0 Å². The Kier molecular flexibility index (Phi) is 4.70. The van der Waals surface area contributed by atoms with Gasteiger partial charge in [-0.3, -0.25) is 0 Å². The van der Waals surface area contributed by atoms with Gasteiger partial charge in [0.05, 0.1) is 4.99 Å². The van der Waals surface area contributed by atoms with Gasteiger partial charge in [0.15, 0.2) is 0 Å². The van der Waals surface area contributed by atoms with E-state index in [1.165, 1.54) is 11.1 Å². The van der Waals surface area contributed by atoms with Crippen LogP contribution in [0, 0.1) is 5.92 Å². The standard InChI is InChI=1S/C15H23NS/c1-11(10-14(16)17)9-12-5-7-13(8-6-12)15(2,3)4/h5-8,11H,9-10H2,1-4H3,(H2,16,17). The molecule has 0 bridgehead atoms. The van der Waals surface area contributed by atoms with Gasteiger partial charge in [0, 0.05) is 6.42 Å². The summed E-state index contributed by atoms with van der Waals surface area (Å²) in [6.45, 7) is 8.89. The van der Waals surface area contributed by atoms with Crippen LogP contribution in [0.5, 0.6) is 0 Å². The van der Waals surface area contributed by atoms with Gasteiger partial charge in [-0.1, -0.05) is 64.2 Å². The third-order valence-corrected chi connectivity index (χ3v) is 3.12. The maximum absolute atomic E-state index is 5.56. The molecule has 0 aliphatic carbocycles. The lowest BCUT2D eigenvalue weighted by molar-refractivity contribution is 0.587. The molecule has 0 aliphatic rings. The first-order chi connectivity index (χ1) is 7.79. The zero-order valence-electron chi connectivity index (χ0n) is 11.3. The van der Waals surface area contributed by atoms with Gasteiger partial charge in [-0.2, -0.15) is 0 Å². The summed E-state index contributed by atoms with van der Waals surface area (Å²) in [7, 11) is 0. The normalized spacial score (nSPS) is 13.4. The molecule has 0 fully saturated rings. The van der Waals surface area contributed by atoms with E-state index in [0.29, 0.717) is 10.9 Å². The van der Waals surface area contributed by atoms with Crippen molar-refractivity contribution in [2.45, 2.75) is 46.0 Å². The number of benzene rings is 1. The summed E-state index contributed by atoms with van der Waals surface area (Å²) in [5.41, 5.74) is 8.53. The van der Waals surface area contributed by atoms with Gasteiger partial charge in [-0.05, 0) is 28.9 Å². The Labute approximate surface area is 110 Å². The zero-order valence-corrected chi connectivity index (χ0v) is 12.1. The highest BCUT2D eigenvalue weighted by atomic mass is 32.1. The van der Waals surface area contributed by atoms with Gasteiger partial charge in [0.25, 0.3) is 0 Å². The summed E-state index contributed by atoms with van der Waals surface area (Å²) in [5, 5.41) is 0. The molecule has 0 amide bonds. The quantitative estimate of drug-likeness (QED) is 0.821. The Balaban J connectivity index is 2.66. The van der Waals surface area contributed by atoms with Gasteiger partial charge in [-0.25, -0.2) is 0 Å². The fraction of sp³-hybridized carbons (Fsp3) is 0.533. The van der Waals surface area contributed by atoms with Crippen molar-refractivity contribution in [1.29, 1.82) is 0 Å². The summed E-state index contributed by atoms with van der Waals surface area (Å²) in [4.78, 5) is 0.615. The molecule has 0 saturated heterocycles. The van der Waals surface area contributed by atoms with Crippen LogP contribution in [0.15, 0.2) is 24.3 Å². The molecule has 1 aromatic rings. The second-order valence-electron chi connectivity index (χ2n) is 5.93. The van der Waals surface area contributed by atoms with Gasteiger partial charge < -0.3 is 5.73 Å². The molecular weight excluding hydrogens is 226 g/mol. The Morgan fingerprint density at radius 1 is 1.24 bits per heavy atom. The maximum Gasteiger partial charge on any atom is 0.0730 e. The Morgan fingerprint density at radius 3 is 2.18 bits per heavy atom. The molecule has 0 heterocycles. The van der Waals surface area contributed by atoms with E-state index in [2.05, 4.69) is 52.0 Å². The Bertz CT molecular complexity index is 373. The topological polar surface area (TPSA) is 26.0 Å². The van der Waals surface area contributed by atoms with E-state index >= 15 is 0 Å². The molecule has 2 N–H and O–H groups in total. The lowest BCUT2D eigenvalue weighted by atomic mass is 9.86. The second kappa shape index (κ2) is 5.63. The van der Waals surface area contributed by atoms with Crippen LogP contribution in [-0.2, 0) is 11.8 Å². The minimum Gasteiger partial charge on any atom is -0.393 e. The highest BCUT2D eigenvalue weighted by molar-refractivity contribution is 7.80. The monoisotopic (exact) mass is 249 g/mol. The fourth-order valence-corrected chi connectivity index (χ4v) is 2.24. The Morgan fingerprint density at radius 2 is 1.76 bits per heavy atom. The highest BCUT2D eigenvalue weighted by Gasteiger charge is 2.13. The number of hydrogen-bond donors (Lipinski definition) is 1. The molecule has 1 nitrogen and oxygen atoms in total. The van der Waals surface area contributed by atoms with Gasteiger partial charge in [0.1, 0.15) is 0 Å². The number of hydrogen-bond acceptors (Lipinski definition) is 1. The first kappa shape index (κ1) is 14.2. The van der Waals surface area contributed by atoms with E-state index in [4.69, 9.17) is 18.0 Å². The number of thiocarbonyl (C=S) groups is 1. The minimum absolute atomic E-state index is 0.225. The van der Waals surface area contributed by atoms with Crippen molar-refractivity contribution in [3.8, 4) is 0 Å². The molecule has 17 heavy (non-hydrogen) atoms. The molecule has 94 valence electrons. The molecule has 0 aromatic heterocycles. The van der Waals surface area contributed by atoms with E-state index in [0.717, 1.165) is 12.8 Å². The van der Waals surface area contributed by atoms with Crippen LogP contribution in [0.2, 0.25) is 0 Å². The van der Waals surface area contributed by atoms with Crippen LogP contribution < -0.4 is 5.73 Å². The second-order valence-corrected chi connectivity index (χ2v) is 6.45. The third kappa shape index (κ3) is 4.86. The van der Waals surface area contributed by atoms with Gasteiger partial charge in [-0.15, -0.1) is 0 Å². The number of rotatable bonds is 4. The highest BCUT2D eigenvalue weighted by Crippen LogP contribution is 2.23. The average molecular weight is 249 g/mol. The molecule has 1 aromatic carbocycles. The minimum atomic E-state index is 0.225. The molecule has 2 heteroatoms. The van der Waals surface area contributed by atoms with E-state index < -0.39 is 0 Å². The SMILES string of the molecule is CC(CC(N)=S)Cc1ccc(C(C)(C)C)cc1. The van der Waals surface area contributed by atoms with Crippen LogP contribution in [-0.4, -0.2) is 4.99 Å². The molecule has 0 radical (unpaired) electrons. The largest absolute Gasteiger partial charge is 0.393 e. The van der Waals surface area contributed by atoms with Crippen LogP contribution >= 0.6 is 12.2 Å². The van der Waals surface area contributed by atoms with Crippen LogP contribution in [0.3, 0.4) is 0 Å². The molecule has 0 aliphatic heterocycles. The van der Waals surface area contributed by atoms with Crippen LogP contribution in [0.1, 0.15) is 45.2 Å². The van der Waals surface area contributed by atoms with Crippen molar-refractivity contribution < 1.29 is 0 Å². The molecule has 1 atom stereocenters. The van der Waals surface area contributed by atoms with E-state index in [1.807, 2.05) is 0 Å². The van der Waals surface area contributed by atoms with E-state index in [9.17, 15) is 0 Å². The summed E-state index contributed by atoms with van der Waals surface area (Å²) < 4.78 is 0. The van der Waals surface area contributed by atoms with Crippen molar-refractivity contribution in [2.24, 2.45) is 11.7 Å². The lowest BCUT2D eigenvalue weighted by Gasteiger charge is -2.19. The molecule has 0 spiro atoms. The predicted octanol–water partition coefficient (Wildman–Crippen LogP) is 3.84. The fourth-order valence-electron chi connectivity index (χ4n) is 1.96. The summed E-state index contributed by atoms with van der Waals surface area (Å²) in [6.07, 6.45) is 1.87. The summed E-state index contributed by atoms with van der Waals surface area (Å²) >= 11 is 4.94. The predicted molar refractivity (Wildman–Crippen MR) is 79.4 cm³/mol. The lowest BCUT2D eigenvalue weighted by Crippen LogP contribution is -2.14. The molecular formula is C15H23NS. The van der Waals surface area contributed by atoms with Crippen molar-refractivity contribution in [3.05, 3.63) is 35.4 Å². The average Bonchev–Trinajstić information content (AvgIpc) is 2.15. The summed E-state index contributed by atoms with van der Waals surface area (Å²) in [6, 6.07) is 8.89. The maximum atomic E-state index is 5.56. The van der Waals surface area contributed by atoms with Gasteiger partial charge in [0.2, 0.25) is 0 Å². The smallest absolute Gasteiger partial charge is 0.0730 e. The molecule has 1 unspecified atom stereocenters. The van der Waals surface area contributed by atoms with Crippen molar-refractivity contribution >= 4 is 17.2 Å². The van der Waals surface area contributed by atoms with Crippen LogP contribution in [0.4, 0.5) is 0 Å². The molecule has 0 saturated carbocycles. The van der Waals surface area contributed by atoms with Crippen molar-refractivity contribution in [2.75, 3.05) is 0 Å². The van der Waals surface area contributed by atoms with Crippen molar-refractivity contribution in [3.63, 3.8) is 0 Å². The Hall–Kier alpha value is -0.890. The third-order valence-electron chi connectivity index (χ3n) is 2.95. The first-order valence-corrected chi connectivity index (χ1v) is 6.57. The molecule has 1 rings (SSSR count). The van der Waals surface area contributed by atoms with Gasteiger partial charge >= 0.3 is 0 Å². The zero-order chi connectivity index (χ0) is 13.1. The van der Waals surface area contributed by atoms with E-state index in [-0.39, 0.29) is 5.41 Å². The van der Waals surface area contributed by atoms with Crippen molar-refractivity contribution in [1.82, 2.24) is 0 Å². The summed E-state index contributed by atoms with van der Waals surface area (Å²) in [5.74, 6) is 0.521. The van der Waals surface area contributed by atoms with Crippen LogP contribution in [0.25, 0.3) is 0 Å².